The van der Waals surface area contributed by atoms with Gasteiger partial charge < -0.3 is 18.8 Å². The minimum Gasteiger partial charge on any atom is -0.487 e. The van der Waals surface area contributed by atoms with Gasteiger partial charge in [-0.1, -0.05) is 24.8 Å². The summed E-state index contributed by atoms with van der Waals surface area (Å²) in [5.74, 6) is -0.409. The van der Waals surface area contributed by atoms with Gasteiger partial charge in [0.1, 0.15) is 23.3 Å². The predicted octanol–water partition coefficient (Wildman–Crippen LogP) is 3.99. The molecule has 0 N–H and O–H groups in total. The maximum atomic E-state index is 12.3. The minimum absolute atomic E-state index is 0.173. The number of ether oxygens (including phenoxy) is 3. The molecule has 0 saturated heterocycles. The van der Waals surface area contributed by atoms with Gasteiger partial charge in [0.15, 0.2) is 0 Å². The van der Waals surface area contributed by atoms with Crippen LogP contribution in [0, 0.1) is 0 Å². The normalized spacial score (nSPS) is 15.4. The standard InChI is InChI=1S/C22H20N2O5/c1-12(21(25)27-3)9-18-19-20-15(10-16(23-19)22(26)28-4)14-7-5-6-8-17(14)24(20)11-13(2)29-18/h5-8,10-11,18H,1,9H2,2-4H3. The Bertz CT molecular complexity index is 1200. The van der Waals surface area contributed by atoms with Gasteiger partial charge in [-0.15, -0.1) is 0 Å². The summed E-state index contributed by atoms with van der Waals surface area (Å²) in [6.45, 7) is 5.65. The molecule has 0 fully saturated rings. The van der Waals surface area contributed by atoms with Crippen molar-refractivity contribution in [2.24, 2.45) is 0 Å². The first-order chi connectivity index (χ1) is 13.9. The number of nitrogens with zero attached hydrogens (tertiary/aromatic N) is 2. The van der Waals surface area contributed by atoms with Crippen molar-refractivity contribution in [1.29, 1.82) is 0 Å². The van der Waals surface area contributed by atoms with Crippen molar-refractivity contribution in [1.82, 2.24) is 9.55 Å². The first-order valence-electron chi connectivity index (χ1n) is 9.07. The molecule has 3 heterocycles. The van der Waals surface area contributed by atoms with E-state index < -0.39 is 18.0 Å². The number of hydrogen-bond donors (Lipinski definition) is 0. The van der Waals surface area contributed by atoms with Gasteiger partial charge in [-0.2, -0.15) is 0 Å². The van der Waals surface area contributed by atoms with E-state index in [4.69, 9.17) is 14.2 Å². The van der Waals surface area contributed by atoms with E-state index in [2.05, 4.69) is 11.6 Å². The smallest absolute Gasteiger partial charge is 0.356 e. The highest BCUT2D eigenvalue weighted by Crippen LogP contribution is 2.39. The minimum atomic E-state index is -0.615. The molecule has 1 aliphatic heterocycles. The number of fused-ring (bicyclic) bond motifs is 3. The Labute approximate surface area is 167 Å². The monoisotopic (exact) mass is 392 g/mol. The first kappa shape index (κ1) is 18.7. The third-order valence-electron chi connectivity index (χ3n) is 4.96. The van der Waals surface area contributed by atoms with Crippen molar-refractivity contribution in [3.63, 3.8) is 0 Å². The molecule has 0 saturated carbocycles. The van der Waals surface area contributed by atoms with Gasteiger partial charge in [0.05, 0.1) is 25.3 Å². The van der Waals surface area contributed by atoms with Gasteiger partial charge in [0, 0.05) is 29.0 Å². The van der Waals surface area contributed by atoms with E-state index in [1.807, 2.05) is 42.0 Å². The third-order valence-corrected chi connectivity index (χ3v) is 4.96. The van der Waals surface area contributed by atoms with Crippen LogP contribution in [0.4, 0.5) is 0 Å². The van der Waals surface area contributed by atoms with Crippen molar-refractivity contribution in [2.75, 3.05) is 14.2 Å². The zero-order valence-electron chi connectivity index (χ0n) is 16.4. The predicted molar refractivity (Wildman–Crippen MR) is 108 cm³/mol. The average molecular weight is 392 g/mol. The number of pyridine rings is 1. The highest BCUT2D eigenvalue weighted by atomic mass is 16.5. The Morgan fingerprint density at radius 3 is 2.69 bits per heavy atom. The van der Waals surface area contributed by atoms with Gasteiger partial charge in [-0.25, -0.2) is 14.6 Å². The number of carbonyl (C=O) groups excluding carboxylic acids is 2. The molecule has 7 nitrogen and oxygen atoms in total. The third kappa shape index (κ3) is 3.04. The Hall–Kier alpha value is -3.61. The number of methoxy groups -OCH3 is 2. The van der Waals surface area contributed by atoms with Crippen LogP contribution in [0.2, 0.25) is 0 Å². The lowest BCUT2D eigenvalue weighted by atomic mass is 10.0. The molecule has 2 aromatic heterocycles. The van der Waals surface area contributed by atoms with E-state index in [0.717, 1.165) is 21.8 Å². The van der Waals surface area contributed by atoms with Crippen LogP contribution in [0.1, 0.15) is 35.6 Å². The van der Waals surface area contributed by atoms with Crippen molar-refractivity contribution in [3.05, 3.63) is 59.6 Å². The molecule has 7 heteroatoms. The summed E-state index contributed by atoms with van der Waals surface area (Å²) in [5, 5.41) is 1.84. The second-order valence-electron chi connectivity index (χ2n) is 6.81. The molecule has 29 heavy (non-hydrogen) atoms. The van der Waals surface area contributed by atoms with Crippen LogP contribution in [-0.4, -0.2) is 35.7 Å². The summed E-state index contributed by atoms with van der Waals surface area (Å²) >= 11 is 0. The van der Waals surface area contributed by atoms with Crippen molar-refractivity contribution in [2.45, 2.75) is 19.4 Å². The Kier molecular flexibility index (Phi) is 4.58. The topological polar surface area (TPSA) is 79.7 Å². The number of allylic oxidation sites excluding steroid dienone is 1. The summed E-state index contributed by atoms with van der Waals surface area (Å²) in [4.78, 5) is 28.8. The quantitative estimate of drug-likeness (QED) is 0.493. The van der Waals surface area contributed by atoms with E-state index in [1.54, 1.807) is 6.07 Å². The first-order valence-corrected chi connectivity index (χ1v) is 9.07. The van der Waals surface area contributed by atoms with Gasteiger partial charge in [0.25, 0.3) is 0 Å². The van der Waals surface area contributed by atoms with Gasteiger partial charge in [-0.05, 0) is 19.1 Å². The van der Waals surface area contributed by atoms with E-state index >= 15 is 0 Å². The van der Waals surface area contributed by atoms with Gasteiger partial charge in [0.2, 0.25) is 0 Å². The number of carbonyl (C=O) groups is 2. The second-order valence-corrected chi connectivity index (χ2v) is 6.81. The highest BCUT2D eigenvalue weighted by Gasteiger charge is 2.29. The van der Waals surface area contributed by atoms with E-state index in [-0.39, 0.29) is 17.7 Å². The fourth-order valence-corrected chi connectivity index (χ4v) is 3.70. The number of hydrogen-bond acceptors (Lipinski definition) is 6. The Balaban J connectivity index is 2.02. The van der Waals surface area contributed by atoms with Crippen LogP contribution in [0.3, 0.4) is 0 Å². The molecule has 1 unspecified atom stereocenters. The largest absolute Gasteiger partial charge is 0.487 e. The number of rotatable bonds is 4. The number of para-hydroxylation sites is 1. The van der Waals surface area contributed by atoms with E-state index in [1.165, 1.54) is 14.2 Å². The Morgan fingerprint density at radius 1 is 1.21 bits per heavy atom. The lowest BCUT2D eigenvalue weighted by Gasteiger charge is -2.19. The van der Waals surface area contributed by atoms with Crippen molar-refractivity contribution in [3.8, 4) is 0 Å². The number of benzene rings is 1. The zero-order chi connectivity index (χ0) is 20.7. The summed E-state index contributed by atoms with van der Waals surface area (Å²) in [6.07, 6.45) is 1.44. The molecule has 1 aromatic carbocycles. The van der Waals surface area contributed by atoms with Crippen LogP contribution < -0.4 is 0 Å². The second kappa shape index (κ2) is 7.09. The summed E-state index contributed by atoms with van der Waals surface area (Å²) in [5.41, 5.74) is 2.75. The maximum Gasteiger partial charge on any atom is 0.356 e. The van der Waals surface area contributed by atoms with Gasteiger partial charge >= 0.3 is 11.9 Å². The Morgan fingerprint density at radius 2 is 1.97 bits per heavy atom. The molecule has 0 spiro atoms. The lowest BCUT2D eigenvalue weighted by Crippen LogP contribution is -2.14. The summed E-state index contributed by atoms with van der Waals surface area (Å²) in [7, 11) is 2.62. The molecule has 148 valence electrons. The molecule has 0 amide bonds. The summed E-state index contributed by atoms with van der Waals surface area (Å²) in [6, 6.07) is 9.61. The molecular weight excluding hydrogens is 372 g/mol. The highest BCUT2D eigenvalue weighted by molar-refractivity contribution is 6.11. The van der Waals surface area contributed by atoms with E-state index in [9.17, 15) is 9.59 Å². The number of esters is 2. The zero-order valence-corrected chi connectivity index (χ0v) is 16.4. The molecule has 4 rings (SSSR count). The molecule has 1 atom stereocenters. The van der Waals surface area contributed by atoms with Crippen LogP contribution in [0.15, 0.2) is 48.2 Å². The van der Waals surface area contributed by atoms with Crippen LogP contribution in [0.5, 0.6) is 0 Å². The van der Waals surface area contributed by atoms with Crippen molar-refractivity contribution < 1.29 is 23.8 Å². The molecule has 0 radical (unpaired) electrons. The lowest BCUT2D eigenvalue weighted by molar-refractivity contribution is -0.136. The van der Waals surface area contributed by atoms with Crippen LogP contribution in [-0.2, 0) is 19.0 Å². The van der Waals surface area contributed by atoms with Gasteiger partial charge in [-0.3, -0.25) is 0 Å². The fraction of sp³-hybridized carbons (Fsp3) is 0.227. The maximum absolute atomic E-state index is 12.3. The summed E-state index contributed by atoms with van der Waals surface area (Å²) < 4.78 is 17.8. The molecule has 0 aliphatic carbocycles. The number of aromatic nitrogens is 2. The molecule has 3 aromatic rings. The molecular formula is C22H20N2O5. The van der Waals surface area contributed by atoms with Crippen molar-refractivity contribution >= 4 is 39.9 Å². The van der Waals surface area contributed by atoms with Crippen LogP contribution >= 0.6 is 0 Å². The molecule has 0 bridgehead atoms. The SMILES string of the molecule is C=C(CC1OC(C)=Cn2c3ccccc3c3cc(C(=O)OC)nc1c32)C(=O)OC. The average Bonchev–Trinajstić information content (AvgIpc) is 2.96. The fourth-order valence-electron chi connectivity index (χ4n) is 3.70. The molecule has 1 aliphatic rings. The van der Waals surface area contributed by atoms with Crippen LogP contribution in [0.25, 0.3) is 28.0 Å². The van der Waals surface area contributed by atoms with E-state index in [0.29, 0.717) is 11.5 Å².